The molecule has 0 spiro atoms. The molecule has 0 atom stereocenters. The van der Waals surface area contributed by atoms with Crippen LogP contribution in [0.3, 0.4) is 0 Å². The SMILES string of the molecule is CCN(CC)CCCNS(=O)(=O)c1cc(O)c(N=Cc2c(O)ccc3ccccc23)c2ccccc12.[Cu]. The average molecular weight is 569 g/mol. The minimum absolute atomic E-state index is 0. The number of aromatic hydroxyl groups is 2. The summed E-state index contributed by atoms with van der Waals surface area (Å²) in [4.78, 5) is 6.73. The summed E-state index contributed by atoms with van der Waals surface area (Å²) in [7, 11) is -3.86. The first-order valence-corrected chi connectivity index (χ1v) is 13.6. The Bertz CT molecular complexity index is 1520. The summed E-state index contributed by atoms with van der Waals surface area (Å²) < 4.78 is 29.0. The Labute approximate surface area is 228 Å². The fraction of sp³-hybridized carbons (Fsp3) is 0.250. The van der Waals surface area contributed by atoms with Crippen molar-refractivity contribution in [3.05, 3.63) is 72.3 Å². The molecular formula is C28H31CuN3O4S. The van der Waals surface area contributed by atoms with E-state index >= 15 is 0 Å². The van der Waals surface area contributed by atoms with Gasteiger partial charge in [0.05, 0.1) is 4.90 Å². The molecule has 0 unspecified atom stereocenters. The van der Waals surface area contributed by atoms with E-state index in [0.29, 0.717) is 29.3 Å². The Balaban J connectivity index is 0.00000380. The molecule has 7 nitrogen and oxygen atoms in total. The average Bonchev–Trinajstić information content (AvgIpc) is 2.88. The van der Waals surface area contributed by atoms with Gasteiger partial charge in [-0.1, -0.05) is 68.4 Å². The van der Waals surface area contributed by atoms with Crippen LogP contribution in [0, 0.1) is 0 Å². The van der Waals surface area contributed by atoms with Crippen molar-refractivity contribution in [1.29, 1.82) is 0 Å². The third-order valence-corrected chi connectivity index (χ3v) is 7.86. The normalized spacial score (nSPS) is 12.0. The second-order valence-corrected chi connectivity index (χ2v) is 10.3. The molecule has 0 heterocycles. The molecule has 1 radical (unpaired) electrons. The minimum Gasteiger partial charge on any atom is -0.507 e. The van der Waals surface area contributed by atoms with Crippen molar-refractivity contribution in [2.75, 3.05) is 26.2 Å². The van der Waals surface area contributed by atoms with E-state index in [1.807, 2.05) is 30.3 Å². The van der Waals surface area contributed by atoms with Crippen molar-refractivity contribution in [1.82, 2.24) is 9.62 Å². The summed E-state index contributed by atoms with van der Waals surface area (Å²) >= 11 is 0. The number of benzene rings is 4. The van der Waals surface area contributed by atoms with Gasteiger partial charge in [0.15, 0.2) is 0 Å². The Hall–Kier alpha value is -2.94. The van der Waals surface area contributed by atoms with Gasteiger partial charge in [0.1, 0.15) is 17.2 Å². The Kier molecular flexibility index (Phi) is 9.70. The van der Waals surface area contributed by atoms with E-state index in [2.05, 4.69) is 28.5 Å². The standard InChI is InChI=1S/C28H31N3O4S.Cu/c1-3-31(4-2)17-9-16-30-36(34,35)27-18-26(33)28(23-13-8-7-12-22(23)27)29-19-24-21-11-6-5-10-20(21)14-15-25(24)32;/h5-8,10-15,18-19,30,32-33H,3-4,9,16-17H2,1-2H3;. The number of fused-ring (bicyclic) bond motifs is 2. The monoisotopic (exact) mass is 568 g/mol. The number of nitrogens with one attached hydrogen (secondary N) is 1. The molecule has 37 heavy (non-hydrogen) atoms. The molecule has 0 saturated carbocycles. The molecule has 0 fully saturated rings. The summed E-state index contributed by atoms with van der Waals surface area (Å²) in [6.07, 6.45) is 2.18. The third kappa shape index (κ3) is 6.32. The van der Waals surface area contributed by atoms with Crippen molar-refractivity contribution >= 4 is 43.5 Å². The molecule has 199 valence electrons. The first-order chi connectivity index (χ1) is 17.4. The zero-order chi connectivity index (χ0) is 25.7. The van der Waals surface area contributed by atoms with Crippen LogP contribution < -0.4 is 4.72 Å². The molecule has 4 rings (SSSR count). The van der Waals surface area contributed by atoms with Gasteiger partial charge in [-0.3, -0.25) is 4.99 Å². The van der Waals surface area contributed by atoms with Crippen LogP contribution >= 0.6 is 0 Å². The number of phenolic OH excluding ortho intramolecular Hbond substituents is 2. The second-order valence-electron chi connectivity index (χ2n) is 8.54. The van der Waals surface area contributed by atoms with Crippen molar-refractivity contribution in [2.45, 2.75) is 25.2 Å². The van der Waals surface area contributed by atoms with Gasteiger partial charge in [0, 0.05) is 52.2 Å². The molecule has 0 aliphatic carbocycles. The van der Waals surface area contributed by atoms with Gasteiger partial charge in [0.2, 0.25) is 10.0 Å². The fourth-order valence-corrected chi connectivity index (χ4v) is 5.65. The Morgan fingerprint density at radius 2 is 1.54 bits per heavy atom. The van der Waals surface area contributed by atoms with Crippen molar-refractivity contribution in [3.63, 3.8) is 0 Å². The molecule has 9 heteroatoms. The molecule has 0 aliphatic heterocycles. The van der Waals surface area contributed by atoms with Crippen LogP contribution in [0.25, 0.3) is 21.5 Å². The van der Waals surface area contributed by atoms with E-state index in [1.165, 1.54) is 12.3 Å². The zero-order valence-corrected chi connectivity index (χ0v) is 22.5. The summed E-state index contributed by atoms with van der Waals surface area (Å²) in [5.74, 6) is -0.192. The number of sulfonamides is 1. The van der Waals surface area contributed by atoms with Crippen LogP contribution in [0.15, 0.2) is 76.6 Å². The van der Waals surface area contributed by atoms with E-state index in [9.17, 15) is 18.6 Å². The largest absolute Gasteiger partial charge is 0.507 e. The van der Waals surface area contributed by atoms with Gasteiger partial charge in [0.25, 0.3) is 0 Å². The quantitative estimate of drug-likeness (QED) is 0.139. The van der Waals surface area contributed by atoms with Crippen LogP contribution in [0.2, 0.25) is 0 Å². The maximum absolute atomic E-state index is 13.2. The molecule has 0 bridgehead atoms. The van der Waals surface area contributed by atoms with Crippen LogP contribution in [0.1, 0.15) is 25.8 Å². The maximum Gasteiger partial charge on any atom is 0.241 e. The topological polar surface area (TPSA) is 102 Å². The molecule has 4 aromatic carbocycles. The van der Waals surface area contributed by atoms with E-state index in [1.54, 1.807) is 30.3 Å². The third-order valence-electron chi connectivity index (χ3n) is 6.36. The number of rotatable bonds is 10. The van der Waals surface area contributed by atoms with Crippen LogP contribution in [0.5, 0.6) is 11.5 Å². The summed E-state index contributed by atoms with van der Waals surface area (Å²) in [5.41, 5.74) is 0.751. The van der Waals surface area contributed by atoms with Crippen molar-refractivity contribution in [2.24, 2.45) is 4.99 Å². The molecule has 0 saturated heterocycles. The fourth-order valence-electron chi connectivity index (χ4n) is 4.35. The molecular weight excluding hydrogens is 538 g/mol. The summed E-state index contributed by atoms with van der Waals surface area (Å²) in [6, 6.07) is 19.2. The molecule has 0 amide bonds. The summed E-state index contributed by atoms with van der Waals surface area (Å²) in [5, 5.41) is 24.0. The number of nitrogens with zero attached hydrogens (tertiary/aromatic N) is 2. The van der Waals surface area contributed by atoms with E-state index < -0.39 is 10.0 Å². The summed E-state index contributed by atoms with van der Waals surface area (Å²) in [6.45, 7) is 7.09. The van der Waals surface area contributed by atoms with Gasteiger partial charge in [-0.25, -0.2) is 13.1 Å². The van der Waals surface area contributed by atoms with Gasteiger partial charge in [-0.05, 0) is 42.9 Å². The Morgan fingerprint density at radius 3 is 2.24 bits per heavy atom. The molecule has 3 N–H and O–H groups in total. The van der Waals surface area contributed by atoms with Gasteiger partial charge >= 0.3 is 0 Å². The van der Waals surface area contributed by atoms with E-state index in [-0.39, 0.29) is 39.2 Å². The minimum atomic E-state index is -3.86. The van der Waals surface area contributed by atoms with Crippen molar-refractivity contribution in [3.8, 4) is 11.5 Å². The molecule has 0 aromatic heterocycles. The van der Waals surface area contributed by atoms with Gasteiger partial charge in [-0.15, -0.1) is 0 Å². The number of hydrogen-bond donors (Lipinski definition) is 3. The maximum atomic E-state index is 13.2. The molecule has 4 aromatic rings. The predicted molar refractivity (Wildman–Crippen MR) is 146 cm³/mol. The number of hydrogen-bond acceptors (Lipinski definition) is 6. The number of aliphatic imine (C=N–C) groups is 1. The predicted octanol–water partition coefficient (Wildman–Crippen LogP) is 5.16. The molecule has 0 aliphatic rings. The van der Waals surface area contributed by atoms with Crippen molar-refractivity contribution < 1.29 is 35.7 Å². The first kappa shape index (κ1) is 28.6. The van der Waals surface area contributed by atoms with E-state index in [4.69, 9.17) is 0 Å². The smallest absolute Gasteiger partial charge is 0.241 e. The van der Waals surface area contributed by atoms with Crippen LogP contribution in [-0.4, -0.2) is 55.9 Å². The number of phenols is 2. The second kappa shape index (κ2) is 12.5. The van der Waals surface area contributed by atoms with Crippen LogP contribution in [0.4, 0.5) is 5.69 Å². The van der Waals surface area contributed by atoms with Gasteiger partial charge in [-0.2, -0.15) is 0 Å². The Morgan fingerprint density at radius 1 is 0.892 bits per heavy atom. The van der Waals surface area contributed by atoms with E-state index in [0.717, 1.165) is 30.4 Å². The first-order valence-electron chi connectivity index (χ1n) is 12.1. The van der Waals surface area contributed by atoms with Gasteiger partial charge < -0.3 is 15.1 Å². The zero-order valence-electron chi connectivity index (χ0n) is 20.8. The van der Waals surface area contributed by atoms with Crippen LogP contribution in [-0.2, 0) is 27.1 Å².